The molecule has 0 atom stereocenters. The van der Waals surface area contributed by atoms with E-state index in [1.54, 1.807) is 11.0 Å². The number of hydrogen-bond acceptors (Lipinski definition) is 4. The molecule has 0 N–H and O–H groups in total. The molecule has 0 aromatic heterocycles. The fourth-order valence-electron chi connectivity index (χ4n) is 2.46. The van der Waals surface area contributed by atoms with Crippen molar-refractivity contribution in [2.45, 2.75) is 91.3 Å². The van der Waals surface area contributed by atoms with E-state index in [-0.39, 0.29) is 16.7 Å². The van der Waals surface area contributed by atoms with Crippen LogP contribution in [0.4, 0.5) is 0 Å². The Kier molecular flexibility index (Phi) is 7.83. The first-order valence-corrected chi connectivity index (χ1v) is 9.05. The van der Waals surface area contributed by atoms with Gasteiger partial charge < -0.3 is 4.74 Å². The Morgan fingerprint density at radius 1 is 0.947 bits per heavy atom. The second kappa shape index (κ2) is 7.58. The van der Waals surface area contributed by atoms with Gasteiger partial charge >= 0.3 is 0 Å². The van der Waals surface area contributed by atoms with Gasteiger partial charge in [0.05, 0.1) is 5.60 Å². The lowest BCUT2D eigenvalue weighted by molar-refractivity contribution is -0.0219. The van der Waals surface area contributed by atoms with Crippen LogP contribution in [0.3, 0.4) is 0 Å². The van der Waals surface area contributed by atoms with Crippen LogP contribution in [-0.4, -0.2) is 27.6 Å². The highest BCUT2D eigenvalue weighted by Crippen LogP contribution is 2.39. The lowest BCUT2D eigenvalue weighted by atomic mass is 9.91. The summed E-state index contributed by atoms with van der Waals surface area (Å²) >= 11 is 4.48. The highest BCUT2D eigenvalue weighted by atomic mass is 33.1. The summed E-state index contributed by atoms with van der Waals surface area (Å²) in [5.74, 6) is 0. The average Bonchev–Trinajstić information content (AvgIpc) is 2.14. The lowest BCUT2D eigenvalue weighted by Crippen LogP contribution is -2.51. The highest BCUT2D eigenvalue weighted by molar-refractivity contribution is 8.67. The summed E-state index contributed by atoms with van der Waals surface area (Å²) in [7, 11) is 1.55. The average molecular weight is 308 g/mol. The molecule has 0 spiro atoms. The Bertz CT molecular complexity index is 259. The third kappa shape index (κ3) is 7.26. The standard InChI is InChI=1S/C15H33NOS2/c1-9-10-14(5,6)16(19-18)15(7,8)11-12-17-13(2,3)4/h18H,9-12H2,1-8H3. The minimum Gasteiger partial charge on any atom is -0.376 e. The largest absolute Gasteiger partial charge is 0.376 e. The molecule has 0 bridgehead atoms. The SMILES string of the molecule is CCCC(C)(C)N(SS)C(C)(C)CCOC(C)(C)C. The zero-order chi connectivity index (χ0) is 15.3. The summed E-state index contributed by atoms with van der Waals surface area (Å²) in [6.07, 6.45) is 3.36. The van der Waals surface area contributed by atoms with Crippen LogP contribution in [0.25, 0.3) is 0 Å². The summed E-state index contributed by atoms with van der Waals surface area (Å²) < 4.78 is 8.29. The van der Waals surface area contributed by atoms with Crippen molar-refractivity contribution in [1.29, 1.82) is 0 Å². The molecule has 0 rings (SSSR count). The topological polar surface area (TPSA) is 12.5 Å². The predicted octanol–water partition coefficient (Wildman–Crippen LogP) is 5.34. The van der Waals surface area contributed by atoms with Gasteiger partial charge in [-0.1, -0.05) is 25.0 Å². The van der Waals surface area contributed by atoms with E-state index in [0.29, 0.717) is 0 Å². The highest BCUT2D eigenvalue weighted by Gasteiger charge is 2.37. The van der Waals surface area contributed by atoms with Crippen molar-refractivity contribution in [3.8, 4) is 0 Å². The Hall–Kier alpha value is 0.620. The first kappa shape index (κ1) is 19.6. The van der Waals surface area contributed by atoms with Gasteiger partial charge in [-0.15, -0.1) is 0 Å². The van der Waals surface area contributed by atoms with Gasteiger partial charge in [-0.3, -0.25) is 0 Å². The van der Waals surface area contributed by atoms with E-state index in [9.17, 15) is 0 Å². The Morgan fingerprint density at radius 3 is 1.79 bits per heavy atom. The van der Waals surface area contributed by atoms with Crippen LogP contribution in [0.15, 0.2) is 0 Å². The van der Waals surface area contributed by atoms with Gasteiger partial charge in [-0.25, -0.2) is 4.31 Å². The van der Waals surface area contributed by atoms with E-state index in [2.05, 4.69) is 71.4 Å². The molecule has 0 aliphatic heterocycles. The quantitative estimate of drug-likeness (QED) is 0.369. The Labute approximate surface area is 130 Å². The second-order valence-corrected chi connectivity index (χ2v) is 8.48. The van der Waals surface area contributed by atoms with Crippen molar-refractivity contribution >= 4 is 22.6 Å². The molecule has 0 radical (unpaired) electrons. The van der Waals surface area contributed by atoms with E-state index in [0.717, 1.165) is 13.0 Å². The van der Waals surface area contributed by atoms with E-state index in [4.69, 9.17) is 4.74 Å². The fourth-order valence-corrected chi connectivity index (χ4v) is 4.41. The summed E-state index contributed by atoms with van der Waals surface area (Å²) in [6, 6.07) is 0. The molecule has 0 aliphatic rings. The van der Waals surface area contributed by atoms with Crippen molar-refractivity contribution in [1.82, 2.24) is 4.31 Å². The molecule has 0 saturated heterocycles. The van der Waals surface area contributed by atoms with Gasteiger partial charge in [0.2, 0.25) is 0 Å². The van der Waals surface area contributed by atoms with Crippen LogP contribution in [-0.2, 0) is 4.74 Å². The minimum atomic E-state index is -0.0616. The molecule has 116 valence electrons. The van der Waals surface area contributed by atoms with Gasteiger partial charge in [-0.2, -0.15) is 0 Å². The van der Waals surface area contributed by atoms with Crippen LogP contribution >= 0.6 is 22.6 Å². The monoisotopic (exact) mass is 307 g/mol. The number of ether oxygens (including phenoxy) is 1. The summed E-state index contributed by atoms with van der Waals surface area (Å²) in [5.41, 5.74) is 0.149. The second-order valence-electron chi connectivity index (χ2n) is 7.46. The number of thiol groups is 1. The van der Waals surface area contributed by atoms with Gasteiger partial charge in [0, 0.05) is 17.7 Å². The first-order chi connectivity index (χ1) is 8.46. The molecule has 4 heteroatoms. The van der Waals surface area contributed by atoms with Crippen molar-refractivity contribution in [2.24, 2.45) is 0 Å². The molecular formula is C15H33NOS2. The van der Waals surface area contributed by atoms with E-state index in [1.807, 2.05) is 0 Å². The molecule has 0 amide bonds. The maximum absolute atomic E-state index is 5.87. The van der Waals surface area contributed by atoms with Crippen molar-refractivity contribution in [3.05, 3.63) is 0 Å². The molecule has 0 aliphatic carbocycles. The predicted molar refractivity (Wildman–Crippen MR) is 91.8 cm³/mol. The molecule has 0 unspecified atom stereocenters. The molecule has 0 heterocycles. The smallest absolute Gasteiger partial charge is 0.0598 e. The Balaban J connectivity index is 4.65. The third-order valence-corrected chi connectivity index (χ3v) is 4.93. The summed E-state index contributed by atoms with van der Waals surface area (Å²) in [4.78, 5) is 0. The first-order valence-electron chi connectivity index (χ1n) is 7.22. The van der Waals surface area contributed by atoms with Crippen molar-refractivity contribution in [2.75, 3.05) is 6.61 Å². The molecular weight excluding hydrogens is 274 g/mol. The summed E-state index contributed by atoms with van der Waals surface area (Å²) in [6.45, 7) is 18.5. The maximum atomic E-state index is 5.87. The normalized spacial score (nSPS) is 14.2. The zero-order valence-electron chi connectivity index (χ0n) is 14.0. The number of nitrogens with zero attached hydrogens (tertiary/aromatic N) is 1. The van der Waals surface area contributed by atoms with Crippen molar-refractivity contribution < 1.29 is 4.74 Å². The minimum absolute atomic E-state index is 0.0616. The molecule has 19 heavy (non-hydrogen) atoms. The van der Waals surface area contributed by atoms with Crippen LogP contribution < -0.4 is 0 Å². The third-order valence-electron chi connectivity index (χ3n) is 3.29. The number of hydrogen-bond donors (Lipinski definition) is 1. The van der Waals surface area contributed by atoms with Crippen LogP contribution in [0.5, 0.6) is 0 Å². The van der Waals surface area contributed by atoms with Crippen LogP contribution in [0.1, 0.15) is 74.7 Å². The van der Waals surface area contributed by atoms with Gasteiger partial charge in [0.1, 0.15) is 0 Å². The van der Waals surface area contributed by atoms with E-state index in [1.165, 1.54) is 12.8 Å². The zero-order valence-corrected chi connectivity index (χ0v) is 15.8. The van der Waals surface area contributed by atoms with E-state index >= 15 is 0 Å². The van der Waals surface area contributed by atoms with Gasteiger partial charge in [0.25, 0.3) is 0 Å². The maximum Gasteiger partial charge on any atom is 0.0598 e. The molecule has 0 fully saturated rings. The van der Waals surface area contributed by atoms with Crippen LogP contribution in [0.2, 0.25) is 0 Å². The molecule has 0 aromatic rings. The van der Waals surface area contributed by atoms with Gasteiger partial charge in [0.15, 0.2) is 0 Å². The fraction of sp³-hybridized carbons (Fsp3) is 1.00. The number of rotatable bonds is 8. The lowest BCUT2D eigenvalue weighted by Gasteiger charge is -2.47. The van der Waals surface area contributed by atoms with Crippen molar-refractivity contribution in [3.63, 3.8) is 0 Å². The van der Waals surface area contributed by atoms with E-state index < -0.39 is 0 Å². The summed E-state index contributed by atoms with van der Waals surface area (Å²) in [5, 5.41) is 0. The molecule has 0 saturated carbocycles. The molecule has 2 nitrogen and oxygen atoms in total. The van der Waals surface area contributed by atoms with Gasteiger partial charge in [-0.05, 0) is 72.3 Å². The van der Waals surface area contributed by atoms with Crippen LogP contribution in [0, 0.1) is 0 Å². The molecule has 0 aromatic carbocycles. The Morgan fingerprint density at radius 2 is 1.42 bits per heavy atom.